The smallest absolute Gasteiger partial charge is 0.141 e. The fourth-order valence-corrected chi connectivity index (χ4v) is 10.6. The molecule has 1 unspecified atom stereocenters. The molecule has 2 saturated heterocycles. The van der Waals surface area contributed by atoms with Crippen molar-refractivity contribution in [1.29, 1.82) is 0 Å². The number of piperazine rings is 1. The van der Waals surface area contributed by atoms with Crippen molar-refractivity contribution in [2.75, 3.05) is 65.6 Å². The number of fused-ring (bicyclic) bond motifs is 5. The summed E-state index contributed by atoms with van der Waals surface area (Å²) in [6, 6.07) is 0.625. The summed E-state index contributed by atoms with van der Waals surface area (Å²) in [6.07, 6.45) is 13.6. The lowest BCUT2D eigenvalue weighted by molar-refractivity contribution is -0.0721. The number of nitrogens with zero attached hydrogens (tertiary/aromatic N) is 15. The van der Waals surface area contributed by atoms with Gasteiger partial charge in [-0.1, -0.05) is 76.7 Å². The minimum Gasteiger partial charge on any atom is -0.378 e. The summed E-state index contributed by atoms with van der Waals surface area (Å²) in [5.74, 6) is 8.04. The summed E-state index contributed by atoms with van der Waals surface area (Å²) in [5, 5.41) is 4.20. The van der Waals surface area contributed by atoms with Crippen LogP contribution in [0.3, 0.4) is 0 Å². The quantitative estimate of drug-likeness (QED) is 0.151. The molecule has 0 aromatic carbocycles. The lowest BCUT2D eigenvalue weighted by Gasteiger charge is -2.50. The zero-order chi connectivity index (χ0) is 56.0. The third-order valence-corrected chi connectivity index (χ3v) is 20.4. The number of imidazole rings is 3. The summed E-state index contributed by atoms with van der Waals surface area (Å²) >= 11 is 0. The number of aromatic nitrogens is 9. The molecule has 10 heterocycles. The zero-order valence-corrected chi connectivity index (χ0v) is 51.8. The summed E-state index contributed by atoms with van der Waals surface area (Å²) < 4.78 is 14.4. The molecule has 6 aliphatic rings. The second-order valence-corrected chi connectivity index (χ2v) is 26.9. The van der Waals surface area contributed by atoms with E-state index in [0.717, 1.165) is 104 Å². The molecule has 10 rings (SSSR count). The minimum atomic E-state index is 0. The normalized spacial score (nSPS) is 20.3. The maximum absolute atomic E-state index is 5.59. The molecule has 438 valence electrons. The highest BCUT2D eigenvalue weighted by Crippen LogP contribution is 2.32. The van der Waals surface area contributed by atoms with Crippen molar-refractivity contribution < 1.29 is 4.74 Å². The van der Waals surface area contributed by atoms with Gasteiger partial charge in [0.05, 0.1) is 45.9 Å². The van der Waals surface area contributed by atoms with E-state index >= 15 is 0 Å². The Bertz CT molecular complexity index is 2070. The van der Waals surface area contributed by atoms with Crippen LogP contribution in [0.25, 0.3) is 0 Å². The Morgan fingerprint density at radius 1 is 0.416 bits per heavy atom. The average Bonchev–Trinajstić information content (AvgIpc) is 4.24. The molecule has 0 spiro atoms. The molecule has 0 bridgehead atoms. The number of rotatable bonds is 10. The maximum atomic E-state index is 5.59. The molecule has 0 N–H and O–H groups in total. The van der Waals surface area contributed by atoms with Crippen LogP contribution in [-0.2, 0) is 57.1 Å². The largest absolute Gasteiger partial charge is 0.378 e. The van der Waals surface area contributed by atoms with E-state index in [1.807, 2.05) is 23.3 Å². The first-order valence-corrected chi connectivity index (χ1v) is 29.5. The Kier molecular flexibility index (Phi) is 22.4. The van der Waals surface area contributed by atoms with E-state index < -0.39 is 0 Å². The van der Waals surface area contributed by atoms with Gasteiger partial charge in [0.2, 0.25) is 0 Å². The van der Waals surface area contributed by atoms with Gasteiger partial charge < -0.3 is 18.4 Å². The van der Waals surface area contributed by atoms with Crippen LogP contribution in [0.1, 0.15) is 169 Å². The number of ether oxygens (including phenoxy) is 1. The van der Waals surface area contributed by atoms with Crippen molar-refractivity contribution in [3.05, 3.63) is 66.8 Å². The highest BCUT2D eigenvalue weighted by atomic mass is 16.5. The van der Waals surface area contributed by atoms with Crippen LogP contribution in [0.5, 0.6) is 0 Å². The van der Waals surface area contributed by atoms with Crippen molar-refractivity contribution in [2.24, 2.45) is 29.6 Å². The summed E-state index contributed by atoms with van der Waals surface area (Å²) in [5.41, 5.74) is 1.33. The summed E-state index contributed by atoms with van der Waals surface area (Å²) in [7, 11) is 0. The second kappa shape index (κ2) is 26.8. The Balaban J connectivity index is 0.000000177. The molecule has 1 atom stereocenters. The van der Waals surface area contributed by atoms with E-state index in [2.05, 4.69) is 225 Å². The highest BCUT2D eigenvalue weighted by molar-refractivity contribution is 5.02. The molecule has 0 radical (unpaired) electrons. The first-order valence-electron chi connectivity index (χ1n) is 29.5. The van der Waals surface area contributed by atoms with Crippen LogP contribution in [0.4, 0.5) is 0 Å². The molecule has 0 amide bonds. The van der Waals surface area contributed by atoms with Gasteiger partial charge in [0.15, 0.2) is 0 Å². The zero-order valence-electron chi connectivity index (χ0n) is 51.8. The van der Waals surface area contributed by atoms with Crippen LogP contribution in [0, 0.1) is 29.6 Å². The predicted octanol–water partition coefficient (Wildman–Crippen LogP) is 10.0. The Labute approximate surface area is 469 Å². The van der Waals surface area contributed by atoms with Crippen LogP contribution in [0.2, 0.25) is 0 Å². The molecule has 0 aliphatic carbocycles. The van der Waals surface area contributed by atoms with Gasteiger partial charge in [0.1, 0.15) is 29.6 Å². The van der Waals surface area contributed by atoms with E-state index in [4.69, 9.17) is 4.74 Å². The van der Waals surface area contributed by atoms with Gasteiger partial charge in [-0.05, 0) is 98.8 Å². The average molecular weight is 1070 g/mol. The molecule has 4 aromatic heterocycles. The third kappa shape index (κ3) is 15.5. The predicted molar refractivity (Wildman–Crippen MR) is 317 cm³/mol. The van der Waals surface area contributed by atoms with Crippen molar-refractivity contribution in [2.45, 2.75) is 232 Å². The molecule has 77 heavy (non-hydrogen) atoms. The fraction of sp³-hybridized carbons (Fsp3) is 0.820. The van der Waals surface area contributed by atoms with E-state index in [1.165, 1.54) is 37.1 Å². The first-order chi connectivity index (χ1) is 35.6. The van der Waals surface area contributed by atoms with Gasteiger partial charge in [-0.2, -0.15) is 5.10 Å². The van der Waals surface area contributed by atoms with Crippen molar-refractivity contribution in [3.63, 3.8) is 0 Å². The summed E-state index contributed by atoms with van der Waals surface area (Å²) in [6.45, 7) is 65.4. The Hall–Kier alpha value is -3.51. The van der Waals surface area contributed by atoms with E-state index in [-0.39, 0.29) is 29.6 Å². The van der Waals surface area contributed by atoms with E-state index in [9.17, 15) is 0 Å². The van der Waals surface area contributed by atoms with Gasteiger partial charge in [-0.25, -0.2) is 24.6 Å². The number of morpholine rings is 1. The van der Waals surface area contributed by atoms with Gasteiger partial charge >= 0.3 is 0 Å². The van der Waals surface area contributed by atoms with Crippen molar-refractivity contribution in [3.8, 4) is 0 Å². The van der Waals surface area contributed by atoms with Gasteiger partial charge in [-0.3, -0.25) is 29.4 Å². The number of hydrogen-bond donors (Lipinski definition) is 0. The van der Waals surface area contributed by atoms with Crippen LogP contribution in [-0.4, -0.2) is 172 Å². The lowest BCUT2D eigenvalue weighted by Crippen LogP contribution is -2.63. The lowest BCUT2D eigenvalue weighted by atomic mass is 9.87. The monoisotopic (exact) mass is 1070 g/mol. The maximum Gasteiger partial charge on any atom is 0.141 e. The minimum absolute atomic E-state index is 0. The fourth-order valence-electron chi connectivity index (χ4n) is 10.6. The molecule has 4 aromatic rings. The van der Waals surface area contributed by atoms with Gasteiger partial charge in [0, 0.05) is 143 Å². The first kappa shape index (κ1) is 64.3. The topological polar surface area (TPSA) is 113 Å². The van der Waals surface area contributed by atoms with Gasteiger partial charge in [0.25, 0.3) is 0 Å². The Morgan fingerprint density at radius 3 is 1.13 bits per heavy atom. The SMILES string of the molecule is C.CC(C)C(C)(C)N1CCN2CCOCC2C1.CC(C)C(C)(C)N1CCn2ccnc2C1.CC(C)C(C)(C)N1CCn2ccnc2C1.CC(C)C(C)(C)N1CCn2ccnc2C1.CC(C)C(C)(C)N1CCn2ncnc2C1. The van der Waals surface area contributed by atoms with Crippen molar-refractivity contribution in [1.82, 2.24) is 72.8 Å². The molecule has 16 nitrogen and oxygen atoms in total. The highest BCUT2D eigenvalue weighted by Gasteiger charge is 2.39. The number of hydrogen-bond acceptors (Lipinski definition) is 12. The van der Waals surface area contributed by atoms with E-state index in [0.29, 0.717) is 41.2 Å². The third-order valence-electron chi connectivity index (χ3n) is 20.4. The molecular weight excluding hydrogens is 959 g/mol. The van der Waals surface area contributed by atoms with Crippen LogP contribution in [0.15, 0.2) is 43.5 Å². The van der Waals surface area contributed by atoms with Gasteiger partial charge in [-0.15, -0.1) is 0 Å². The Morgan fingerprint density at radius 2 is 0.753 bits per heavy atom. The molecule has 16 heteroatoms. The standard InChI is InChI=1S/C13H26N2O.3C12H21N3.C11H20N4.CH4/c1-11(2)13(3,4)15-6-5-14-7-8-16-10-12(14)9-15;3*1-10(2)12(3,4)15-8-7-14-6-5-13-11(14)9-15;1-9(2)11(3,4)14-5-6-15-10(7-14)12-8-13-15;/h11-12H,5-10H2,1-4H3;3*5-6,10H,7-9H2,1-4H3;8-9H,5-7H2,1-4H3;1H4. The second-order valence-electron chi connectivity index (χ2n) is 26.9. The molecule has 0 saturated carbocycles. The molecular formula is C61H113N15O. The molecule has 6 aliphatic heterocycles. The van der Waals surface area contributed by atoms with Crippen molar-refractivity contribution >= 4 is 0 Å². The van der Waals surface area contributed by atoms with Crippen LogP contribution < -0.4 is 0 Å². The summed E-state index contributed by atoms with van der Waals surface area (Å²) in [4.78, 5) is 32.9. The van der Waals surface area contributed by atoms with Crippen LogP contribution >= 0.6 is 0 Å². The molecule has 2 fully saturated rings. The van der Waals surface area contributed by atoms with E-state index in [1.54, 1.807) is 6.33 Å².